The van der Waals surface area contributed by atoms with E-state index in [0.29, 0.717) is 29.9 Å². The van der Waals surface area contributed by atoms with Crippen LogP contribution in [0.5, 0.6) is 0 Å². The number of carbonyl (C=O) groups excluding carboxylic acids is 1. The Bertz CT molecular complexity index is 660. The van der Waals surface area contributed by atoms with Gasteiger partial charge in [-0.25, -0.2) is 4.98 Å². The fourth-order valence-corrected chi connectivity index (χ4v) is 1.94. The number of aromatic nitrogens is 1. The smallest absolute Gasteiger partial charge is 0.269 e. The van der Waals surface area contributed by atoms with Crippen LogP contribution in [0.1, 0.15) is 29.8 Å². The van der Waals surface area contributed by atoms with Gasteiger partial charge in [0, 0.05) is 24.0 Å². The largest absolute Gasteiger partial charge is 0.398 e. The number of para-hydroxylation sites is 1. The predicted molar refractivity (Wildman–Crippen MR) is 78.0 cm³/mol. The Balaban J connectivity index is 2.05. The molecule has 5 nitrogen and oxygen atoms in total. The zero-order valence-corrected chi connectivity index (χ0v) is 11.1. The van der Waals surface area contributed by atoms with Gasteiger partial charge in [-0.3, -0.25) is 4.79 Å². The first-order valence-electron chi connectivity index (χ1n) is 6.53. The third-order valence-corrected chi connectivity index (χ3v) is 2.98. The molecule has 0 spiro atoms. The number of unbranched alkanes of at least 4 members (excludes halogenated alkanes) is 2. The molecule has 102 valence electrons. The van der Waals surface area contributed by atoms with Gasteiger partial charge in [-0.2, -0.15) is 5.26 Å². The van der Waals surface area contributed by atoms with Crippen molar-refractivity contribution in [3.63, 3.8) is 0 Å². The second-order valence-corrected chi connectivity index (χ2v) is 4.48. The van der Waals surface area contributed by atoms with E-state index in [9.17, 15) is 4.79 Å². The van der Waals surface area contributed by atoms with Gasteiger partial charge in [0.05, 0.1) is 11.6 Å². The van der Waals surface area contributed by atoms with Gasteiger partial charge in [0.25, 0.3) is 5.91 Å². The maximum absolute atomic E-state index is 12.0. The molecule has 0 bridgehead atoms. The highest BCUT2D eigenvalue weighted by atomic mass is 16.1. The number of nitrogen functional groups attached to an aromatic ring is 1. The number of hydrogen-bond donors (Lipinski definition) is 2. The van der Waals surface area contributed by atoms with Crippen molar-refractivity contribution >= 4 is 22.5 Å². The Morgan fingerprint density at radius 3 is 2.95 bits per heavy atom. The Hall–Kier alpha value is -2.61. The van der Waals surface area contributed by atoms with Crippen LogP contribution in [0, 0.1) is 11.3 Å². The van der Waals surface area contributed by atoms with Crippen molar-refractivity contribution in [3.05, 3.63) is 36.0 Å². The van der Waals surface area contributed by atoms with Crippen LogP contribution < -0.4 is 11.1 Å². The molecule has 0 saturated carbocycles. The molecule has 0 aliphatic carbocycles. The average Bonchev–Trinajstić information content (AvgIpc) is 2.47. The van der Waals surface area contributed by atoms with Crippen LogP contribution in [0.2, 0.25) is 0 Å². The topological polar surface area (TPSA) is 91.8 Å². The summed E-state index contributed by atoms with van der Waals surface area (Å²) in [6.45, 7) is 0.537. The van der Waals surface area contributed by atoms with Crippen LogP contribution in [0.15, 0.2) is 30.3 Å². The minimum absolute atomic E-state index is 0.237. The molecule has 1 amide bonds. The number of nitrogens with zero attached hydrogens (tertiary/aromatic N) is 2. The van der Waals surface area contributed by atoms with Crippen molar-refractivity contribution in [1.82, 2.24) is 10.3 Å². The van der Waals surface area contributed by atoms with E-state index in [1.54, 1.807) is 6.07 Å². The summed E-state index contributed by atoms with van der Waals surface area (Å²) in [6.07, 6.45) is 2.07. The lowest BCUT2D eigenvalue weighted by Gasteiger charge is -2.07. The van der Waals surface area contributed by atoms with Gasteiger partial charge in [-0.15, -0.1) is 0 Å². The number of pyridine rings is 1. The molecule has 3 N–H and O–H groups in total. The van der Waals surface area contributed by atoms with Gasteiger partial charge in [-0.05, 0) is 25.0 Å². The molecule has 20 heavy (non-hydrogen) atoms. The quantitative estimate of drug-likeness (QED) is 0.813. The van der Waals surface area contributed by atoms with Crippen LogP contribution in [0.4, 0.5) is 5.69 Å². The number of benzene rings is 1. The van der Waals surface area contributed by atoms with E-state index in [2.05, 4.69) is 16.4 Å². The molecule has 0 fully saturated rings. The number of rotatable bonds is 5. The average molecular weight is 268 g/mol. The molecule has 0 radical (unpaired) electrons. The van der Waals surface area contributed by atoms with Gasteiger partial charge in [-0.1, -0.05) is 18.2 Å². The number of nitrogens with one attached hydrogen (secondary N) is 1. The van der Waals surface area contributed by atoms with E-state index in [4.69, 9.17) is 11.0 Å². The summed E-state index contributed by atoms with van der Waals surface area (Å²) in [5.74, 6) is -0.237. The first-order valence-corrected chi connectivity index (χ1v) is 6.53. The van der Waals surface area contributed by atoms with Gasteiger partial charge in [0.2, 0.25) is 0 Å². The van der Waals surface area contributed by atoms with E-state index < -0.39 is 0 Å². The number of hydrogen-bond acceptors (Lipinski definition) is 4. The minimum Gasteiger partial charge on any atom is -0.398 e. The summed E-state index contributed by atoms with van der Waals surface area (Å²) >= 11 is 0. The van der Waals surface area contributed by atoms with Crippen molar-refractivity contribution in [2.45, 2.75) is 19.3 Å². The first kappa shape index (κ1) is 13.8. The standard InChI is InChI=1S/C15H16N4O/c16-8-4-1-5-9-18-15(20)14-10-12(17)11-6-2-3-7-13(11)19-14/h2-3,6-7,10H,1,4-5,9H2,(H2,17,19)(H,18,20). The van der Waals surface area contributed by atoms with Gasteiger partial charge in [0.1, 0.15) is 5.69 Å². The lowest BCUT2D eigenvalue weighted by molar-refractivity contribution is 0.0948. The third kappa shape index (κ3) is 3.23. The predicted octanol–water partition coefficient (Wildman–Crippen LogP) is 2.24. The summed E-state index contributed by atoms with van der Waals surface area (Å²) < 4.78 is 0. The number of fused-ring (bicyclic) bond motifs is 1. The Morgan fingerprint density at radius 2 is 2.15 bits per heavy atom. The minimum atomic E-state index is -0.237. The summed E-state index contributed by atoms with van der Waals surface area (Å²) in [4.78, 5) is 16.3. The first-order chi connectivity index (χ1) is 9.72. The van der Waals surface area contributed by atoms with E-state index in [-0.39, 0.29) is 5.91 Å². The molecule has 0 atom stereocenters. The van der Waals surface area contributed by atoms with Crippen molar-refractivity contribution in [1.29, 1.82) is 5.26 Å². The highest BCUT2D eigenvalue weighted by molar-refractivity contribution is 5.99. The molecule has 1 aromatic heterocycles. The maximum atomic E-state index is 12.0. The zero-order valence-electron chi connectivity index (χ0n) is 11.1. The molecule has 2 rings (SSSR count). The Kier molecular flexibility index (Phi) is 4.51. The highest BCUT2D eigenvalue weighted by Gasteiger charge is 2.09. The molecule has 0 aliphatic rings. The SMILES string of the molecule is N#CCCCCNC(=O)c1cc(N)c2ccccc2n1. The number of nitrogens with two attached hydrogens (primary N) is 1. The van der Waals surface area contributed by atoms with Crippen LogP contribution in [0.25, 0.3) is 10.9 Å². The molecule has 2 aromatic rings. The van der Waals surface area contributed by atoms with E-state index in [1.165, 1.54) is 0 Å². The summed E-state index contributed by atoms with van der Waals surface area (Å²) in [6, 6.07) is 11.1. The molecule has 0 saturated heterocycles. The lowest BCUT2D eigenvalue weighted by Crippen LogP contribution is -2.25. The fraction of sp³-hybridized carbons (Fsp3) is 0.267. The van der Waals surface area contributed by atoms with Crippen molar-refractivity contribution in [2.24, 2.45) is 0 Å². The second-order valence-electron chi connectivity index (χ2n) is 4.48. The third-order valence-electron chi connectivity index (χ3n) is 2.98. The molecular weight excluding hydrogens is 252 g/mol. The fourth-order valence-electron chi connectivity index (χ4n) is 1.94. The number of carbonyl (C=O) groups is 1. The number of amides is 1. The molecule has 0 aliphatic heterocycles. The molecule has 1 aromatic carbocycles. The van der Waals surface area contributed by atoms with Gasteiger partial charge >= 0.3 is 0 Å². The van der Waals surface area contributed by atoms with Crippen LogP contribution in [-0.4, -0.2) is 17.4 Å². The summed E-state index contributed by atoms with van der Waals surface area (Å²) in [5, 5.41) is 12.1. The van der Waals surface area contributed by atoms with Crippen molar-refractivity contribution in [3.8, 4) is 6.07 Å². The lowest BCUT2D eigenvalue weighted by atomic mass is 10.1. The zero-order chi connectivity index (χ0) is 14.4. The Labute approximate surface area is 117 Å². The molecule has 1 heterocycles. The van der Waals surface area contributed by atoms with Crippen LogP contribution in [-0.2, 0) is 0 Å². The number of anilines is 1. The summed E-state index contributed by atoms with van der Waals surface area (Å²) in [5.41, 5.74) is 7.51. The molecule has 0 unspecified atom stereocenters. The molecular formula is C15H16N4O. The van der Waals surface area contributed by atoms with Crippen molar-refractivity contribution < 1.29 is 4.79 Å². The monoisotopic (exact) mass is 268 g/mol. The van der Waals surface area contributed by atoms with E-state index in [0.717, 1.165) is 18.2 Å². The van der Waals surface area contributed by atoms with E-state index in [1.807, 2.05) is 24.3 Å². The second kappa shape index (κ2) is 6.53. The van der Waals surface area contributed by atoms with Gasteiger partial charge < -0.3 is 11.1 Å². The van der Waals surface area contributed by atoms with Crippen LogP contribution in [0.3, 0.4) is 0 Å². The van der Waals surface area contributed by atoms with Gasteiger partial charge in [0.15, 0.2) is 0 Å². The molecule has 5 heteroatoms. The number of nitriles is 1. The maximum Gasteiger partial charge on any atom is 0.269 e. The van der Waals surface area contributed by atoms with Crippen molar-refractivity contribution in [2.75, 3.05) is 12.3 Å². The Morgan fingerprint density at radius 1 is 1.35 bits per heavy atom. The van der Waals surface area contributed by atoms with E-state index >= 15 is 0 Å². The highest BCUT2D eigenvalue weighted by Crippen LogP contribution is 2.19. The summed E-state index contributed by atoms with van der Waals surface area (Å²) in [7, 11) is 0. The van der Waals surface area contributed by atoms with Crippen LogP contribution >= 0.6 is 0 Å². The normalized spacial score (nSPS) is 10.2.